The Kier molecular flexibility index (Phi) is 6.35. The smallest absolute Gasteiger partial charge is 0.226 e. The van der Waals surface area contributed by atoms with Crippen LogP contribution in [-0.4, -0.2) is 27.1 Å². The first kappa shape index (κ1) is 22.1. The molecule has 0 aliphatic heterocycles. The molecule has 1 saturated carbocycles. The Bertz CT molecular complexity index is 1090. The maximum atomic E-state index is 13.1. The molecule has 168 valence electrons. The van der Waals surface area contributed by atoms with Crippen LogP contribution in [0.4, 0.5) is 0 Å². The Labute approximate surface area is 191 Å². The third-order valence-corrected chi connectivity index (χ3v) is 6.31. The Morgan fingerprint density at radius 3 is 2.53 bits per heavy atom. The number of aryl methyl sites for hydroxylation is 4. The van der Waals surface area contributed by atoms with Crippen molar-refractivity contribution in [2.24, 2.45) is 13.0 Å². The largest absolute Gasteiger partial charge is 0.488 e. The van der Waals surface area contributed by atoms with Crippen LogP contribution in [0.5, 0.6) is 5.75 Å². The third kappa shape index (κ3) is 4.87. The molecule has 2 atom stereocenters. The molecule has 0 bridgehead atoms. The molecule has 1 heterocycles. The van der Waals surface area contributed by atoms with E-state index in [0.29, 0.717) is 25.6 Å². The van der Waals surface area contributed by atoms with Crippen molar-refractivity contribution in [3.05, 3.63) is 82.2 Å². The molecule has 5 nitrogen and oxygen atoms in total. The molecular weight excluding hydrogens is 398 g/mol. The lowest BCUT2D eigenvalue weighted by Gasteiger charge is -2.22. The highest BCUT2D eigenvalue weighted by atomic mass is 16.5. The molecule has 3 aromatic rings. The van der Waals surface area contributed by atoms with E-state index in [1.807, 2.05) is 24.3 Å². The number of carbonyl (C=O) groups excluding carboxylic acids is 1. The van der Waals surface area contributed by atoms with Crippen molar-refractivity contribution in [3.8, 4) is 5.75 Å². The van der Waals surface area contributed by atoms with Crippen molar-refractivity contribution in [3.63, 3.8) is 0 Å². The quantitative estimate of drug-likeness (QED) is 0.500. The molecule has 0 radical (unpaired) electrons. The summed E-state index contributed by atoms with van der Waals surface area (Å²) in [6, 6.07) is 12.7. The Hall–Kier alpha value is -3.08. The fraction of sp³-hybridized carbons (Fsp3) is 0.407. The van der Waals surface area contributed by atoms with E-state index in [4.69, 9.17) is 4.74 Å². The van der Waals surface area contributed by atoms with E-state index >= 15 is 0 Å². The van der Waals surface area contributed by atoms with Crippen LogP contribution in [-0.2, 0) is 25.0 Å². The van der Waals surface area contributed by atoms with E-state index in [2.05, 4.69) is 69.2 Å². The minimum atomic E-state index is 0.0817. The van der Waals surface area contributed by atoms with Crippen LogP contribution < -0.4 is 4.74 Å². The highest BCUT2D eigenvalue weighted by Gasteiger charge is 2.46. The summed E-state index contributed by atoms with van der Waals surface area (Å²) in [6.45, 7) is 10.2. The molecule has 5 heteroatoms. The summed E-state index contributed by atoms with van der Waals surface area (Å²) in [5, 5.41) is 4.25. The zero-order valence-corrected chi connectivity index (χ0v) is 19.8. The lowest BCUT2D eigenvalue weighted by atomic mass is 10.0. The number of hydrogen-bond acceptors (Lipinski definition) is 3. The minimum Gasteiger partial charge on any atom is -0.488 e. The molecule has 4 rings (SSSR count). The normalized spacial score (nSPS) is 17.3. The SMILES string of the molecule is CCN(Cc1cc(C)c(OCc2cccc(C)c2)c(C)c1)C(=O)C1CC1c1cnn(C)c1. The van der Waals surface area contributed by atoms with Crippen LogP contribution in [0, 0.1) is 26.7 Å². The number of nitrogens with zero attached hydrogens (tertiary/aromatic N) is 3. The number of amides is 1. The number of benzene rings is 2. The van der Waals surface area contributed by atoms with Crippen molar-refractivity contribution in [2.45, 2.75) is 53.2 Å². The van der Waals surface area contributed by atoms with E-state index in [9.17, 15) is 4.79 Å². The van der Waals surface area contributed by atoms with Gasteiger partial charge in [-0.2, -0.15) is 5.10 Å². The Balaban J connectivity index is 1.41. The first-order chi connectivity index (χ1) is 15.4. The van der Waals surface area contributed by atoms with Gasteiger partial charge in [-0.15, -0.1) is 0 Å². The summed E-state index contributed by atoms with van der Waals surface area (Å²) in [5.41, 5.74) is 6.94. The fourth-order valence-electron chi connectivity index (χ4n) is 4.58. The predicted octanol–water partition coefficient (Wildman–Crippen LogP) is 5.08. The van der Waals surface area contributed by atoms with Crippen molar-refractivity contribution >= 4 is 5.91 Å². The zero-order valence-electron chi connectivity index (χ0n) is 19.8. The molecule has 0 saturated heterocycles. The molecule has 1 fully saturated rings. The van der Waals surface area contributed by atoms with E-state index < -0.39 is 0 Å². The second-order valence-electron chi connectivity index (χ2n) is 9.08. The number of ether oxygens (including phenoxy) is 1. The zero-order chi connectivity index (χ0) is 22.8. The molecule has 1 amide bonds. The van der Waals surface area contributed by atoms with Gasteiger partial charge in [0.15, 0.2) is 0 Å². The van der Waals surface area contributed by atoms with Crippen LogP contribution in [0.1, 0.15) is 52.6 Å². The second-order valence-corrected chi connectivity index (χ2v) is 9.08. The van der Waals surface area contributed by atoms with Gasteiger partial charge in [-0.05, 0) is 67.9 Å². The van der Waals surface area contributed by atoms with Crippen LogP contribution in [0.2, 0.25) is 0 Å². The van der Waals surface area contributed by atoms with E-state index in [1.54, 1.807) is 4.68 Å². The molecule has 0 spiro atoms. The topological polar surface area (TPSA) is 47.4 Å². The van der Waals surface area contributed by atoms with E-state index in [0.717, 1.165) is 28.9 Å². The van der Waals surface area contributed by atoms with Crippen LogP contribution in [0.25, 0.3) is 0 Å². The summed E-state index contributed by atoms with van der Waals surface area (Å²) in [5.74, 6) is 1.57. The van der Waals surface area contributed by atoms with Crippen molar-refractivity contribution < 1.29 is 9.53 Å². The number of rotatable bonds is 8. The Morgan fingerprint density at radius 2 is 1.91 bits per heavy atom. The highest BCUT2D eigenvalue weighted by molar-refractivity contribution is 5.83. The molecule has 32 heavy (non-hydrogen) atoms. The first-order valence-electron chi connectivity index (χ1n) is 11.4. The molecular formula is C27H33N3O2. The van der Waals surface area contributed by atoms with E-state index in [1.165, 1.54) is 16.7 Å². The molecule has 0 N–H and O–H groups in total. The van der Waals surface area contributed by atoms with E-state index in [-0.39, 0.29) is 11.8 Å². The molecule has 2 unspecified atom stereocenters. The standard InChI is InChI=1S/C27H33N3O2/c1-6-30(27(31)25-13-24(25)23-14-28-29(5)16-23)15-22-11-19(3)26(20(4)12-22)32-17-21-9-7-8-18(2)10-21/h7-12,14,16,24-25H,6,13,15,17H2,1-5H3. The summed E-state index contributed by atoms with van der Waals surface area (Å²) in [6.07, 6.45) is 4.83. The van der Waals surface area contributed by atoms with Gasteiger partial charge in [-0.25, -0.2) is 0 Å². The van der Waals surface area contributed by atoms with Gasteiger partial charge in [0.1, 0.15) is 12.4 Å². The van der Waals surface area contributed by atoms with Gasteiger partial charge in [0.05, 0.1) is 6.20 Å². The minimum absolute atomic E-state index is 0.0817. The average Bonchev–Trinajstić information content (AvgIpc) is 3.44. The fourth-order valence-corrected chi connectivity index (χ4v) is 4.58. The van der Waals surface area contributed by atoms with Crippen molar-refractivity contribution in [1.29, 1.82) is 0 Å². The molecule has 1 aliphatic carbocycles. The van der Waals surface area contributed by atoms with Crippen LogP contribution >= 0.6 is 0 Å². The average molecular weight is 432 g/mol. The van der Waals surface area contributed by atoms with Gasteiger partial charge in [-0.1, -0.05) is 42.0 Å². The van der Waals surface area contributed by atoms with Gasteiger partial charge < -0.3 is 9.64 Å². The number of hydrogen-bond donors (Lipinski definition) is 0. The monoisotopic (exact) mass is 431 g/mol. The number of carbonyl (C=O) groups is 1. The van der Waals surface area contributed by atoms with Gasteiger partial charge in [0, 0.05) is 32.3 Å². The molecule has 2 aromatic carbocycles. The van der Waals surface area contributed by atoms with Crippen LogP contribution in [0.3, 0.4) is 0 Å². The second kappa shape index (κ2) is 9.19. The maximum absolute atomic E-state index is 13.1. The van der Waals surface area contributed by atoms with Gasteiger partial charge in [0.2, 0.25) is 5.91 Å². The summed E-state index contributed by atoms with van der Waals surface area (Å²) in [4.78, 5) is 15.1. The molecule has 1 aliphatic rings. The van der Waals surface area contributed by atoms with Crippen LogP contribution in [0.15, 0.2) is 48.8 Å². The summed E-state index contributed by atoms with van der Waals surface area (Å²) < 4.78 is 7.97. The Morgan fingerprint density at radius 1 is 1.16 bits per heavy atom. The van der Waals surface area contributed by atoms with Gasteiger partial charge in [0.25, 0.3) is 0 Å². The lowest BCUT2D eigenvalue weighted by Crippen LogP contribution is -2.32. The number of aromatic nitrogens is 2. The predicted molar refractivity (Wildman–Crippen MR) is 127 cm³/mol. The van der Waals surface area contributed by atoms with Crippen molar-refractivity contribution in [2.75, 3.05) is 6.54 Å². The lowest BCUT2D eigenvalue weighted by molar-refractivity contribution is -0.133. The molecule has 1 aromatic heterocycles. The third-order valence-electron chi connectivity index (χ3n) is 6.31. The maximum Gasteiger partial charge on any atom is 0.226 e. The highest BCUT2D eigenvalue weighted by Crippen LogP contribution is 2.48. The summed E-state index contributed by atoms with van der Waals surface area (Å²) in [7, 11) is 1.92. The summed E-state index contributed by atoms with van der Waals surface area (Å²) >= 11 is 0. The first-order valence-corrected chi connectivity index (χ1v) is 11.4. The van der Waals surface area contributed by atoms with Gasteiger partial charge >= 0.3 is 0 Å². The van der Waals surface area contributed by atoms with Gasteiger partial charge in [-0.3, -0.25) is 9.48 Å². The van der Waals surface area contributed by atoms with Crippen molar-refractivity contribution in [1.82, 2.24) is 14.7 Å².